The number of benzene rings is 2. The topological polar surface area (TPSA) is 55.4 Å². The second-order valence-electron chi connectivity index (χ2n) is 5.40. The molecule has 2 aromatic carbocycles. The smallest absolute Gasteiger partial charge is 0.151 e. The molecule has 22 heavy (non-hydrogen) atoms. The van der Waals surface area contributed by atoms with Gasteiger partial charge in [-0.15, -0.1) is 0 Å². The zero-order chi connectivity index (χ0) is 15.6. The number of ether oxygens (including phenoxy) is 1. The molecule has 0 spiro atoms. The maximum atomic E-state index is 11.1. The first-order chi connectivity index (χ1) is 10.5. The Morgan fingerprint density at radius 2 is 1.55 bits per heavy atom. The van der Waals surface area contributed by atoms with Crippen LogP contribution < -0.4 is 10.1 Å². The minimum atomic E-state index is -2.75. The normalized spacial score (nSPS) is 16.8. The predicted octanol–water partition coefficient (Wildman–Crippen LogP) is 3.59. The van der Waals surface area contributed by atoms with Gasteiger partial charge in [0.2, 0.25) is 0 Å². The third-order valence-corrected chi connectivity index (χ3v) is 5.69. The van der Waals surface area contributed by atoms with Crippen molar-refractivity contribution in [2.45, 2.75) is 0 Å². The molecule has 1 saturated heterocycles. The van der Waals surface area contributed by atoms with Crippen molar-refractivity contribution in [1.82, 2.24) is 0 Å². The van der Waals surface area contributed by atoms with Crippen LogP contribution in [0.2, 0.25) is 5.02 Å². The maximum Gasteiger partial charge on any atom is 0.151 e. The highest BCUT2D eigenvalue weighted by atomic mass is 35.5. The van der Waals surface area contributed by atoms with E-state index in [2.05, 4.69) is 5.32 Å². The van der Waals surface area contributed by atoms with Crippen molar-refractivity contribution < 1.29 is 13.2 Å². The van der Waals surface area contributed by atoms with Crippen LogP contribution in [0.4, 0.5) is 5.69 Å². The van der Waals surface area contributed by atoms with Gasteiger partial charge in [0.05, 0.1) is 11.5 Å². The largest absolute Gasteiger partial charge is 0.457 e. The van der Waals surface area contributed by atoms with Gasteiger partial charge < -0.3 is 10.1 Å². The molecule has 1 heterocycles. The van der Waals surface area contributed by atoms with Crippen molar-refractivity contribution in [3.05, 3.63) is 53.6 Å². The van der Waals surface area contributed by atoms with Crippen LogP contribution in [0.15, 0.2) is 48.5 Å². The standard InChI is InChI=1S/C16H16ClNO3S/c17-13-1-5-15(6-2-13)21-16-7-3-14(4-8-16)18-9-12-10-22(19,20)11-12/h1-8,12,18H,9-11H2. The van der Waals surface area contributed by atoms with Crippen LogP contribution in [0.3, 0.4) is 0 Å². The number of anilines is 1. The molecule has 6 heteroatoms. The van der Waals surface area contributed by atoms with Gasteiger partial charge in [-0.05, 0) is 48.5 Å². The van der Waals surface area contributed by atoms with Crippen LogP contribution in [-0.4, -0.2) is 26.5 Å². The molecule has 0 amide bonds. The fourth-order valence-corrected chi connectivity index (χ4v) is 4.03. The van der Waals surface area contributed by atoms with Crippen molar-refractivity contribution in [1.29, 1.82) is 0 Å². The highest BCUT2D eigenvalue weighted by molar-refractivity contribution is 7.92. The van der Waals surface area contributed by atoms with Crippen LogP contribution in [0.25, 0.3) is 0 Å². The quantitative estimate of drug-likeness (QED) is 0.906. The molecule has 0 aliphatic carbocycles. The summed E-state index contributed by atoms with van der Waals surface area (Å²) >= 11 is 5.83. The Morgan fingerprint density at radius 3 is 2.09 bits per heavy atom. The molecule has 0 saturated carbocycles. The lowest BCUT2D eigenvalue weighted by atomic mass is 10.2. The van der Waals surface area contributed by atoms with E-state index in [4.69, 9.17) is 16.3 Å². The summed E-state index contributed by atoms with van der Waals surface area (Å²) in [7, 11) is -2.75. The van der Waals surface area contributed by atoms with Crippen LogP contribution in [0.5, 0.6) is 11.5 Å². The van der Waals surface area contributed by atoms with Crippen LogP contribution >= 0.6 is 11.6 Å². The lowest BCUT2D eigenvalue weighted by Gasteiger charge is -2.26. The third-order valence-electron chi connectivity index (χ3n) is 3.48. The van der Waals surface area contributed by atoms with Gasteiger partial charge in [-0.3, -0.25) is 0 Å². The van der Waals surface area contributed by atoms with Crippen molar-refractivity contribution in [3.8, 4) is 11.5 Å². The fraction of sp³-hybridized carbons (Fsp3) is 0.250. The zero-order valence-electron chi connectivity index (χ0n) is 11.8. The van der Waals surface area contributed by atoms with Gasteiger partial charge in [-0.25, -0.2) is 8.42 Å². The summed E-state index contributed by atoms with van der Waals surface area (Å²) in [5, 5.41) is 3.92. The van der Waals surface area contributed by atoms with Gasteiger partial charge in [-0.2, -0.15) is 0 Å². The van der Waals surface area contributed by atoms with Crippen LogP contribution in [0, 0.1) is 5.92 Å². The van der Waals surface area contributed by atoms with Crippen molar-refractivity contribution in [2.75, 3.05) is 23.4 Å². The van der Waals surface area contributed by atoms with E-state index < -0.39 is 9.84 Å². The van der Waals surface area contributed by atoms with E-state index in [-0.39, 0.29) is 17.4 Å². The number of sulfone groups is 1. The predicted molar refractivity (Wildman–Crippen MR) is 88.6 cm³/mol. The summed E-state index contributed by atoms with van der Waals surface area (Å²) in [4.78, 5) is 0. The Morgan fingerprint density at radius 1 is 1.00 bits per heavy atom. The second-order valence-corrected chi connectivity index (χ2v) is 7.99. The number of hydrogen-bond donors (Lipinski definition) is 1. The van der Waals surface area contributed by atoms with Gasteiger partial charge in [0.25, 0.3) is 0 Å². The summed E-state index contributed by atoms with van der Waals surface area (Å²) in [5.74, 6) is 2.26. The molecule has 116 valence electrons. The molecule has 0 radical (unpaired) electrons. The second kappa shape index (κ2) is 6.18. The van der Waals surface area contributed by atoms with Crippen molar-refractivity contribution in [2.24, 2.45) is 5.92 Å². The maximum absolute atomic E-state index is 11.1. The molecule has 2 aromatic rings. The van der Waals surface area contributed by atoms with Crippen molar-refractivity contribution in [3.63, 3.8) is 0 Å². The lowest BCUT2D eigenvalue weighted by molar-refractivity contribution is 0.483. The Kier molecular flexibility index (Phi) is 4.27. The number of rotatable bonds is 5. The summed E-state index contributed by atoms with van der Waals surface area (Å²) in [6, 6.07) is 14.7. The molecule has 0 bridgehead atoms. The van der Waals surface area contributed by atoms with Gasteiger partial charge in [0.15, 0.2) is 9.84 Å². The number of halogens is 1. The van der Waals surface area contributed by atoms with Gasteiger partial charge in [-0.1, -0.05) is 11.6 Å². The SMILES string of the molecule is O=S1(=O)CC(CNc2ccc(Oc3ccc(Cl)cc3)cc2)C1. The number of nitrogens with one attached hydrogen (secondary N) is 1. The Bertz CT molecular complexity index is 730. The average Bonchev–Trinajstić information content (AvgIpc) is 2.47. The monoisotopic (exact) mass is 337 g/mol. The van der Waals surface area contributed by atoms with E-state index in [0.29, 0.717) is 11.6 Å². The van der Waals surface area contributed by atoms with E-state index in [1.54, 1.807) is 12.1 Å². The molecule has 1 N–H and O–H groups in total. The molecule has 4 nitrogen and oxygen atoms in total. The third kappa shape index (κ3) is 3.93. The average molecular weight is 338 g/mol. The first kappa shape index (κ1) is 15.2. The van der Waals surface area contributed by atoms with Gasteiger partial charge in [0, 0.05) is 23.2 Å². The Labute approximate surface area is 135 Å². The summed E-state index contributed by atoms with van der Waals surface area (Å²) < 4.78 is 27.9. The van der Waals surface area contributed by atoms with Gasteiger partial charge >= 0.3 is 0 Å². The summed E-state index contributed by atoms with van der Waals surface area (Å²) in [5.41, 5.74) is 0.952. The Balaban J connectivity index is 1.53. The van der Waals surface area contributed by atoms with E-state index in [1.807, 2.05) is 36.4 Å². The molecule has 0 unspecified atom stereocenters. The van der Waals surface area contributed by atoms with E-state index in [0.717, 1.165) is 17.2 Å². The molecule has 0 aromatic heterocycles. The highest BCUT2D eigenvalue weighted by Gasteiger charge is 2.32. The lowest BCUT2D eigenvalue weighted by Crippen LogP contribution is -2.40. The summed E-state index contributed by atoms with van der Waals surface area (Å²) in [6.07, 6.45) is 0. The first-order valence-corrected chi connectivity index (χ1v) is 9.18. The molecule has 1 fully saturated rings. The molecule has 0 atom stereocenters. The van der Waals surface area contributed by atoms with Gasteiger partial charge in [0.1, 0.15) is 11.5 Å². The minimum Gasteiger partial charge on any atom is -0.457 e. The van der Waals surface area contributed by atoms with Crippen LogP contribution in [-0.2, 0) is 9.84 Å². The molecule has 3 rings (SSSR count). The molecule has 1 aliphatic heterocycles. The summed E-state index contributed by atoms with van der Waals surface area (Å²) in [6.45, 7) is 0.677. The fourth-order valence-electron chi connectivity index (χ4n) is 2.33. The zero-order valence-corrected chi connectivity index (χ0v) is 13.4. The van der Waals surface area contributed by atoms with E-state index >= 15 is 0 Å². The molecule has 1 aliphatic rings. The molecular weight excluding hydrogens is 322 g/mol. The number of hydrogen-bond acceptors (Lipinski definition) is 4. The minimum absolute atomic E-state index is 0.218. The molecular formula is C16H16ClNO3S. The van der Waals surface area contributed by atoms with E-state index in [1.165, 1.54) is 0 Å². The van der Waals surface area contributed by atoms with Crippen LogP contribution in [0.1, 0.15) is 0 Å². The Hall–Kier alpha value is -1.72. The first-order valence-electron chi connectivity index (χ1n) is 6.98. The van der Waals surface area contributed by atoms with E-state index in [9.17, 15) is 8.42 Å². The highest BCUT2D eigenvalue weighted by Crippen LogP contribution is 2.25. The van der Waals surface area contributed by atoms with Crippen molar-refractivity contribution >= 4 is 27.1 Å².